The van der Waals surface area contributed by atoms with Crippen molar-refractivity contribution >= 4 is 5.82 Å². The van der Waals surface area contributed by atoms with Crippen LogP contribution < -0.4 is 15.8 Å². The molecule has 6 nitrogen and oxygen atoms in total. The molecule has 3 atom stereocenters. The van der Waals surface area contributed by atoms with E-state index in [9.17, 15) is 0 Å². The second-order valence-corrected chi connectivity index (χ2v) is 4.97. The van der Waals surface area contributed by atoms with Crippen LogP contribution in [0.2, 0.25) is 0 Å². The van der Waals surface area contributed by atoms with Gasteiger partial charge in [-0.2, -0.15) is 4.98 Å². The van der Waals surface area contributed by atoms with Gasteiger partial charge >= 0.3 is 0 Å². The third-order valence-corrected chi connectivity index (χ3v) is 3.03. The second-order valence-electron chi connectivity index (χ2n) is 4.97. The van der Waals surface area contributed by atoms with Crippen LogP contribution in [0.15, 0.2) is 12.4 Å². The quantitative estimate of drug-likeness (QED) is 0.804. The maximum Gasteiger partial charge on any atom is 0.234 e. The van der Waals surface area contributed by atoms with Gasteiger partial charge in [-0.05, 0) is 27.2 Å². The standard InChI is InChI=1S/C13H22N4O2/c1-4-18-10-5-9(14)13(10)17-11-6-15-7-12(16-11)19-8(2)3/h6-10,13H,4-5,14H2,1-3H3,(H,16,17). The molecule has 1 aromatic heterocycles. The van der Waals surface area contributed by atoms with Crippen molar-refractivity contribution < 1.29 is 9.47 Å². The lowest BCUT2D eigenvalue weighted by atomic mass is 9.83. The Balaban J connectivity index is 1.98. The molecular formula is C13H22N4O2. The number of nitrogens with two attached hydrogens (primary N) is 1. The third kappa shape index (κ3) is 3.54. The Labute approximate surface area is 113 Å². The molecule has 0 aromatic carbocycles. The highest BCUT2D eigenvalue weighted by molar-refractivity contribution is 5.37. The first kappa shape index (κ1) is 14.0. The molecule has 6 heteroatoms. The predicted octanol–water partition coefficient (Wildman–Crippen LogP) is 1.18. The second kappa shape index (κ2) is 6.16. The fourth-order valence-corrected chi connectivity index (χ4v) is 2.11. The van der Waals surface area contributed by atoms with E-state index in [1.165, 1.54) is 0 Å². The van der Waals surface area contributed by atoms with Crippen LogP contribution in [-0.4, -0.2) is 40.9 Å². The lowest BCUT2D eigenvalue weighted by Crippen LogP contribution is -2.60. The largest absolute Gasteiger partial charge is 0.474 e. The van der Waals surface area contributed by atoms with Gasteiger partial charge in [0, 0.05) is 12.6 Å². The number of aromatic nitrogens is 2. The average molecular weight is 266 g/mol. The van der Waals surface area contributed by atoms with E-state index in [-0.39, 0.29) is 24.3 Å². The first-order valence-electron chi connectivity index (χ1n) is 6.72. The summed E-state index contributed by atoms with van der Waals surface area (Å²) in [6, 6.07) is 0.177. The molecular weight excluding hydrogens is 244 g/mol. The van der Waals surface area contributed by atoms with Crippen molar-refractivity contribution in [2.75, 3.05) is 11.9 Å². The van der Waals surface area contributed by atoms with Gasteiger partial charge in [-0.1, -0.05) is 0 Å². The van der Waals surface area contributed by atoms with E-state index >= 15 is 0 Å². The monoisotopic (exact) mass is 266 g/mol. The highest BCUT2D eigenvalue weighted by Crippen LogP contribution is 2.26. The minimum absolute atomic E-state index is 0.0756. The molecule has 0 aliphatic heterocycles. The summed E-state index contributed by atoms with van der Waals surface area (Å²) in [5.74, 6) is 1.18. The normalized spacial score (nSPS) is 26.1. The zero-order valence-corrected chi connectivity index (χ0v) is 11.7. The minimum atomic E-state index is 0.0756. The molecule has 3 unspecified atom stereocenters. The molecule has 1 aliphatic rings. The van der Waals surface area contributed by atoms with E-state index in [0.29, 0.717) is 18.3 Å². The van der Waals surface area contributed by atoms with Crippen LogP contribution in [0.5, 0.6) is 5.88 Å². The number of hydrogen-bond acceptors (Lipinski definition) is 6. The molecule has 1 fully saturated rings. The molecule has 1 aromatic rings. The molecule has 106 valence electrons. The molecule has 0 amide bonds. The van der Waals surface area contributed by atoms with Crippen LogP contribution in [0.1, 0.15) is 27.2 Å². The Hall–Kier alpha value is -1.40. The highest BCUT2D eigenvalue weighted by Gasteiger charge is 2.39. The van der Waals surface area contributed by atoms with E-state index < -0.39 is 0 Å². The Morgan fingerprint density at radius 3 is 2.89 bits per heavy atom. The van der Waals surface area contributed by atoms with Gasteiger partial charge in [0.25, 0.3) is 0 Å². The van der Waals surface area contributed by atoms with Gasteiger partial charge in [0.1, 0.15) is 5.82 Å². The smallest absolute Gasteiger partial charge is 0.234 e. The third-order valence-electron chi connectivity index (χ3n) is 3.03. The van der Waals surface area contributed by atoms with E-state index in [1.807, 2.05) is 20.8 Å². The number of anilines is 1. The summed E-state index contributed by atoms with van der Waals surface area (Å²) < 4.78 is 11.1. The Bertz CT molecular complexity index is 411. The molecule has 3 N–H and O–H groups in total. The van der Waals surface area contributed by atoms with Crippen molar-refractivity contribution in [3.05, 3.63) is 12.4 Å². The zero-order valence-electron chi connectivity index (χ0n) is 11.7. The van der Waals surface area contributed by atoms with Crippen molar-refractivity contribution in [3.8, 4) is 5.88 Å². The maximum absolute atomic E-state index is 5.99. The van der Waals surface area contributed by atoms with Gasteiger partial charge < -0.3 is 20.5 Å². The van der Waals surface area contributed by atoms with Gasteiger partial charge in [-0.15, -0.1) is 0 Å². The van der Waals surface area contributed by atoms with E-state index in [2.05, 4.69) is 15.3 Å². The maximum atomic E-state index is 5.99. The fourth-order valence-electron chi connectivity index (χ4n) is 2.11. The average Bonchev–Trinajstić information content (AvgIpc) is 2.36. The van der Waals surface area contributed by atoms with Crippen molar-refractivity contribution in [2.24, 2.45) is 5.73 Å². The summed E-state index contributed by atoms with van der Waals surface area (Å²) in [7, 11) is 0. The first-order valence-corrected chi connectivity index (χ1v) is 6.72. The Kier molecular flexibility index (Phi) is 4.55. The lowest BCUT2D eigenvalue weighted by Gasteiger charge is -2.42. The number of nitrogens with one attached hydrogen (secondary N) is 1. The molecule has 1 heterocycles. The van der Waals surface area contributed by atoms with Crippen molar-refractivity contribution in [1.29, 1.82) is 0 Å². The van der Waals surface area contributed by atoms with E-state index in [4.69, 9.17) is 15.2 Å². The van der Waals surface area contributed by atoms with Crippen molar-refractivity contribution in [3.63, 3.8) is 0 Å². The minimum Gasteiger partial charge on any atom is -0.474 e. The van der Waals surface area contributed by atoms with Crippen molar-refractivity contribution in [1.82, 2.24) is 9.97 Å². The molecule has 0 spiro atoms. The Morgan fingerprint density at radius 1 is 1.47 bits per heavy atom. The fraction of sp³-hybridized carbons (Fsp3) is 0.692. The number of ether oxygens (including phenoxy) is 2. The lowest BCUT2D eigenvalue weighted by molar-refractivity contribution is -0.0127. The van der Waals surface area contributed by atoms with Crippen LogP contribution in [0.4, 0.5) is 5.82 Å². The van der Waals surface area contributed by atoms with Gasteiger partial charge in [-0.25, -0.2) is 0 Å². The van der Waals surface area contributed by atoms with Gasteiger partial charge in [-0.3, -0.25) is 4.98 Å². The summed E-state index contributed by atoms with van der Waals surface area (Å²) in [5.41, 5.74) is 5.99. The SMILES string of the molecule is CCOC1CC(N)C1Nc1cncc(OC(C)C)n1. The summed E-state index contributed by atoms with van der Waals surface area (Å²) in [4.78, 5) is 8.47. The molecule has 1 aliphatic carbocycles. The summed E-state index contributed by atoms with van der Waals surface area (Å²) in [5, 5.41) is 3.27. The number of rotatable bonds is 6. The van der Waals surface area contributed by atoms with Gasteiger partial charge in [0.15, 0.2) is 0 Å². The first-order chi connectivity index (χ1) is 9.10. The van der Waals surface area contributed by atoms with Crippen LogP contribution in [0, 0.1) is 0 Å². The zero-order chi connectivity index (χ0) is 13.8. The van der Waals surface area contributed by atoms with E-state index in [1.54, 1.807) is 12.4 Å². The van der Waals surface area contributed by atoms with Gasteiger partial charge in [0.05, 0.1) is 30.6 Å². The molecule has 2 rings (SSSR count). The van der Waals surface area contributed by atoms with Crippen LogP contribution >= 0.6 is 0 Å². The van der Waals surface area contributed by atoms with Crippen molar-refractivity contribution in [2.45, 2.75) is 51.5 Å². The predicted molar refractivity (Wildman–Crippen MR) is 73.2 cm³/mol. The molecule has 19 heavy (non-hydrogen) atoms. The molecule has 1 saturated carbocycles. The topological polar surface area (TPSA) is 82.3 Å². The van der Waals surface area contributed by atoms with E-state index in [0.717, 1.165) is 6.42 Å². The van der Waals surface area contributed by atoms with Gasteiger partial charge in [0.2, 0.25) is 5.88 Å². The summed E-state index contributed by atoms with van der Waals surface area (Å²) in [6.07, 6.45) is 4.37. The Morgan fingerprint density at radius 2 is 2.26 bits per heavy atom. The molecule has 0 saturated heterocycles. The summed E-state index contributed by atoms with van der Waals surface area (Å²) in [6.45, 7) is 6.58. The van der Waals surface area contributed by atoms with Crippen LogP contribution in [0.25, 0.3) is 0 Å². The number of nitrogens with zero attached hydrogens (tertiary/aromatic N) is 2. The van der Waals surface area contributed by atoms with Crippen LogP contribution in [-0.2, 0) is 4.74 Å². The molecule has 0 radical (unpaired) electrons. The van der Waals surface area contributed by atoms with Crippen LogP contribution in [0.3, 0.4) is 0 Å². The molecule has 0 bridgehead atoms. The highest BCUT2D eigenvalue weighted by atomic mass is 16.5. The summed E-state index contributed by atoms with van der Waals surface area (Å²) >= 11 is 0. The number of hydrogen-bond donors (Lipinski definition) is 2.